The fourth-order valence-corrected chi connectivity index (χ4v) is 2.68. The number of imidazole rings is 1. The van der Waals surface area contributed by atoms with Crippen LogP contribution in [-0.2, 0) is 17.8 Å². The topological polar surface area (TPSA) is 59.8 Å². The number of pyridine rings is 1. The van der Waals surface area contributed by atoms with Crippen molar-refractivity contribution in [1.82, 2.24) is 19.9 Å². The molecule has 100 valence electrons. The number of amides is 1. The van der Waals surface area contributed by atoms with E-state index in [0.717, 1.165) is 23.4 Å². The second-order valence-corrected chi connectivity index (χ2v) is 5.10. The molecule has 3 heterocycles. The van der Waals surface area contributed by atoms with Gasteiger partial charge in [0.1, 0.15) is 11.3 Å². The van der Waals surface area contributed by atoms with E-state index < -0.39 is 0 Å². The van der Waals surface area contributed by atoms with Crippen LogP contribution in [-0.4, -0.2) is 32.4 Å². The number of aryl methyl sites for hydroxylation is 1. The molecule has 1 aliphatic rings. The predicted octanol–water partition coefficient (Wildman–Crippen LogP) is 1.49. The van der Waals surface area contributed by atoms with Crippen LogP contribution in [0.3, 0.4) is 0 Å². The van der Waals surface area contributed by atoms with Crippen molar-refractivity contribution < 1.29 is 4.79 Å². The average molecular weight is 279 g/mol. The predicted molar refractivity (Wildman–Crippen MR) is 73.1 cm³/mol. The van der Waals surface area contributed by atoms with E-state index >= 15 is 0 Å². The maximum atomic E-state index is 11.3. The Kier molecular flexibility index (Phi) is 3.38. The molecular formula is C13H15ClN4O. The average Bonchev–Trinajstić information content (AvgIpc) is 2.96. The smallest absolute Gasteiger partial charge is 0.220 e. The summed E-state index contributed by atoms with van der Waals surface area (Å²) in [6.07, 6.45) is 3.94. The molecule has 1 unspecified atom stereocenters. The Morgan fingerprint density at radius 3 is 3.16 bits per heavy atom. The van der Waals surface area contributed by atoms with E-state index in [9.17, 15) is 4.79 Å². The molecular weight excluding hydrogens is 264 g/mol. The van der Waals surface area contributed by atoms with E-state index in [-0.39, 0.29) is 11.9 Å². The third kappa shape index (κ3) is 2.42. The van der Waals surface area contributed by atoms with Crippen LogP contribution < -0.4 is 5.32 Å². The summed E-state index contributed by atoms with van der Waals surface area (Å²) in [5.74, 6) is 1.59. The first-order valence-corrected chi connectivity index (χ1v) is 6.97. The molecule has 6 heteroatoms. The number of hydrogen-bond acceptors (Lipinski definition) is 3. The molecule has 1 aliphatic heterocycles. The SMILES string of the molecule is O=C1CCC(Cn2c(CCCl)nc3cccnc32)N1. The minimum absolute atomic E-state index is 0.126. The zero-order chi connectivity index (χ0) is 13.2. The number of aromatic nitrogens is 3. The van der Waals surface area contributed by atoms with Crippen LogP contribution in [0, 0.1) is 0 Å². The summed E-state index contributed by atoms with van der Waals surface area (Å²) in [5.41, 5.74) is 1.75. The Morgan fingerprint density at radius 2 is 2.42 bits per heavy atom. The van der Waals surface area contributed by atoms with Crippen molar-refractivity contribution in [1.29, 1.82) is 0 Å². The highest BCUT2D eigenvalue weighted by Crippen LogP contribution is 2.17. The molecule has 1 saturated heterocycles. The lowest BCUT2D eigenvalue weighted by molar-refractivity contribution is -0.119. The van der Waals surface area contributed by atoms with Gasteiger partial charge < -0.3 is 9.88 Å². The molecule has 1 atom stereocenters. The normalized spacial score (nSPS) is 19.0. The minimum Gasteiger partial charge on any atom is -0.352 e. The van der Waals surface area contributed by atoms with Gasteiger partial charge in [-0.3, -0.25) is 4.79 Å². The van der Waals surface area contributed by atoms with E-state index in [1.165, 1.54) is 0 Å². The van der Waals surface area contributed by atoms with Gasteiger partial charge in [-0.25, -0.2) is 9.97 Å². The molecule has 2 aromatic rings. The number of hydrogen-bond donors (Lipinski definition) is 1. The fraction of sp³-hybridized carbons (Fsp3) is 0.462. The zero-order valence-corrected chi connectivity index (χ0v) is 11.2. The monoisotopic (exact) mass is 278 g/mol. The maximum Gasteiger partial charge on any atom is 0.220 e. The molecule has 0 radical (unpaired) electrons. The fourth-order valence-electron chi connectivity index (χ4n) is 2.51. The summed E-state index contributed by atoms with van der Waals surface area (Å²) in [7, 11) is 0. The number of nitrogens with one attached hydrogen (secondary N) is 1. The summed E-state index contributed by atoms with van der Waals surface area (Å²) < 4.78 is 2.08. The molecule has 1 N–H and O–H groups in total. The number of fused-ring (bicyclic) bond motifs is 1. The molecule has 0 spiro atoms. The quantitative estimate of drug-likeness (QED) is 0.862. The summed E-state index contributed by atoms with van der Waals surface area (Å²) in [6, 6.07) is 3.99. The van der Waals surface area contributed by atoms with Crippen LogP contribution in [0.5, 0.6) is 0 Å². The molecule has 0 bridgehead atoms. The summed E-state index contributed by atoms with van der Waals surface area (Å²) in [5, 5.41) is 2.98. The summed E-state index contributed by atoms with van der Waals surface area (Å²) >= 11 is 5.83. The van der Waals surface area contributed by atoms with Gasteiger partial charge in [0, 0.05) is 37.5 Å². The second-order valence-electron chi connectivity index (χ2n) is 4.73. The number of carbonyl (C=O) groups excluding carboxylic acids is 1. The number of rotatable bonds is 4. The van der Waals surface area contributed by atoms with Gasteiger partial charge in [0.2, 0.25) is 5.91 Å². The van der Waals surface area contributed by atoms with Crippen molar-refractivity contribution in [2.45, 2.75) is 31.8 Å². The highest BCUT2D eigenvalue weighted by molar-refractivity contribution is 6.17. The van der Waals surface area contributed by atoms with E-state index in [1.54, 1.807) is 6.20 Å². The van der Waals surface area contributed by atoms with Gasteiger partial charge in [-0.2, -0.15) is 0 Å². The maximum absolute atomic E-state index is 11.3. The molecule has 19 heavy (non-hydrogen) atoms. The van der Waals surface area contributed by atoms with E-state index in [4.69, 9.17) is 11.6 Å². The van der Waals surface area contributed by atoms with Gasteiger partial charge in [0.25, 0.3) is 0 Å². The first-order valence-electron chi connectivity index (χ1n) is 6.43. The lowest BCUT2D eigenvalue weighted by Crippen LogP contribution is -2.30. The third-order valence-electron chi connectivity index (χ3n) is 3.39. The van der Waals surface area contributed by atoms with Gasteiger partial charge in [-0.05, 0) is 18.6 Å². The van der Waals surface area contributed by atoms with Gasteiger partial charge in [0.05, 0.1) is 0 Å². The van der Waals surface area contributed by atoms with Crippen LogP contribution in [0.1, 0.15) is 18.7 Å². The van der Waals surface area contributed by atoms with Gasteiger partial charge in [-0.15, -0.1) is 11.6 Å². The minimum atomic E-state index is 0.126. The van der Waals surface area contributed by atoms with Gasteiger partial charge in [-0.1, -0.05) is 0 Å². The Bertz CT molecular complexity index is 610. The molecule has 1 amide bonds. The Hall–Kier alpha value is -1.62. The van der Waals surface area contributed by atoms with Crippen molar-refractivity contribution in [2.24, 2.45) is 0 Å². The number of nitrogens with zero attached hydrogens (tertiary/aromatic N) is 3. The van der Waals surface area contributed by atoms with Gasteiger partial charge >= 0.3 is 0 Å². The van der Waals surface area contributed by atoms with Crippen molar-refractivity contribution in [2.75, 3.05) is 5.88 Å². The van der Waals surface area contributed by atoms with Crippen molar-refractivity contribution in [3.8, 4) is 0 Å². The Labute approximate surface area is 116 Å². The molecule has 0 saturated carbocycles. The van der Waals surface area contributed by atoms with Crippen molar-refractivity contribution in [3.05, 3.63) is 24.2 Å². The van der Waals surface area contributed by atoms with Crippen LogP contribution in [0.15, 0.2) is 18.3 Å². The lowest BCUT2D eigenvalue weighted by Gasteiger charge is -2.13. The standard InChI is InChI=1S/C13H15ClN4O/c14-6-5-11-17-10-2-1-7-15-13(10)18(11)8-9-3-4-12(19)16-9/h1-2,7,9H,3-6,8H2,(H,16,19). The first kappa shape index (κ1) is 12.4. The van der Waals surface area contributed by atoms with E-state index in [0.29, 0.717) is 25.3 Å². The molecule has 3 rings (SSSR count). The number of carbonyl (C=O) groups is 1. The third-order valence-corrected chi connectivity index (χ3v) is 3.58. The summed E-state index contributed by atoms with van der Waals surface area (Å²) in [6.45, 7) is 0.714. The molecule has 0 aromatic carbocycles. The summed E-state index contributed by atoms with van der Waals surface area (Å²) in [4.78, 5) is 20.2. The van der Waals surface area contributed by atoms with Crippen LogP contribution in [0.25, 0.3) is 11.2 Å². The molecule has 1 fully saturated rings. The van der Waals surface area contributed by atoms with Crippen molar-refractivity contribution >= 4 is 28.7 Å². The van der Waals surface area contributed by atoms with E-state index in [2.05, 4.69) is 19.9 Å². The molecule has 5 nitrogen and oxygen atoms in total. The van der Waals surface area contributed by atoms with Crippen LogP contribution in [0.2, 0.25) is 0 Å². The van der Waals surface area contributed by atoms with Crippen LogP contribution >= 0.6 is 11.6 Å². The first-order chi connectivity index (χ1) is 9.28. The zero-order valence-electron chi connectivity index (χ0n) is 10.5. The number of halogens is 1. The second kappa shape index (κ2) is 5.17. The molecule has 0 aliphatic carbocycles. The van der Waals surface area contributed by atoms with E-state index in [1.807, 2.05) is 12.1 Å². The highest BCUT2D eigenvalue weighted by atomic mass is 35.5. The molecule has 2 aromatic heterocycles. The Morgan fingerprint density at radius 1 is 1.53 bits per heavy atom. The van der Waals surface area contributed by atoms with Crippen LogP contribution in [0.4, 0.5) is 0 Å². The lowest BCUT2D eigenvalue weighted by atomic mass is 10.2. The number of alkyl halides is 1. The van der Waals surface area contributed by atoms with Gasteiger partial charge in [0.15, 0.2) is 5.65 Å². The largest absolute Gasteiger partial charge is 0.352 e. The highest BCUT2D eigenvalue weighted by Gasteiger charge is 2.23. The Balaban J connectivity index is 1.95. The van der Waals surface area contributed by atoms with Crippen molar-refractivity contribution in [3.63, 3.8) is 0 Å².